The van der Waals surface area contributed by atoms with E-state index in [0.717, 1.165) is 23.3 Å². The Morgan fingerprint density at radius 3 is 2.34 bits per heavy atom. The number of carbonyl (C=O) groups excluding carboxylic acids is 2. The molecule has 1 aliphatic heterocycles. The highest BCUT2D eigenvalue weighted by Gasteiger charge is 2.54. The maximum absolute atomic E-state index is 14.3. The van der Waals surface area contributed by atoms with Crippen LogP contribution in [0.2, 0.25) is 0 Å². The number of hydrogen-bond acceptors (Lipinski definition) is 4. The average molecular weight is 487 g/mol. The van der Waals surface area contributed by atoms with Crippen LogP contribution in [0.15, 0.2) is 42.5 Å². The number of fused-ring (bicyclic) bond motifs is 2. The highest BCUT2D eigenvalue weighted by molar-refractivity contribution is 5.94. The van der Waals surface area contributed by atoms with Crippen LogP contribution in [0, 0.1) is 17.6 Å². The molecule has 2 aromatic rings. The molecule has 1 saturated heterocycles. The van der Waals surface area contributed by atoms with Crippen molar-refractivity contribution in [2.75, 3.05) is 33.4 Å². The zero-order chi connectivity index (χ0) is 25.2. The van der Waals surface area contributed by atoms with E-state index >= 15 is 0 Å². The molecule has 0 saturated carbocycles. The molecular weight excluding hydrogens is 454 g/mol. The Hall–Kier alpha value is -2.84. The van der Waals surface area contributed by atoms with Crippen molar-refractivity contribution in [1.82, 2.24) is 10.2 Å². The van der Waals surface area contributed by atoms with Gasteiger partial charge in [0.15, 0.2) is 0 Å². The van der Waals surface area contributed by atoms with Gasteiger partial charge in [0.1, 0.15) is 17.2 Å². The van der Waals surface area contributed by atoms with Crippen LogP contribution < -0.4 is 5.32 Å². The Kier molecular flexibility index (Phi) is 7.52. The van der Waals surface area contributed by atoms with E-state index in [2.05, 4.69) is 11.4 Å². The average Bonchev–Trinajstić information content (AvgIpc) is 3.08. The van der Waals surface area contributed by atoms with Gasteiger partial charge < -0.3 is 19.7 Å². The van der Waals surface area contributed by atoms with Gasteiger partial charge in [0, 0.05) is 31.5 Å². The zero-order valence-electron chi connectivity index (χ0n) is 20.4. The van der Waals surface area contributed by atoms with E-state index in [9.17, 15) is 18.4 Å². The summed E-state index contributed by atoms with van der Waals surface area (Å²) >= 11 is 0. The molecule has 4 rings (SSSR count). The number of piperidine rings is 1. The van der Waals surface area contributed by atoms with Crippen molar-refractivity contribution < 1.29 is 27.8 Å². The van der Waals surface area contributed by atoms with Crippen molar-refractivity contribution in [1.29, 1.82) is 0 Å². The van der Waals surface area contributed by atoms with Gasteiger partial charge in [-0.2, -0.15) is 0 Å². The normalized spacial score (nSPS) is 20.8. The second-order valence-corrected chi connectivity index (χ2v) is 9.56. The largest absolute Gasteiger partial charge is 0.382 e. The van der Waals surface area contributed by atoms with Crippen LogP contribution in [0.4, 0.5) is 8.78 Å². The maximum atomic E-state index is 14.3. The molecule has 188 valence electrons. The molecule has 2 aromatic carbocycles. The first-order valence-electron chi connectivity index (χ1n) is 12.0. The number of rotatable bonds is 7. The Bertz CT molecular complexity index is 1060. The van der Waals surface area contributed by atoms with Crippen LogP contribution in [-0.2, 0) is 19.7 Å². The van der Waals surface area contributed by atoms with Crippen molar-refractivity contribution in [3.8, 4) is 0 Å². The van der Waals surface area contributed by atoms with Gasteiger partial charge in [-0.3, -0.25) is 9.59 Å². The Morgan fingerprint density at radius 1 is 1.06 bits per heavy atom. The van der Waals surface area contributed by atoms with E-state index in [1.54, 1.807) is 7.11 Å². The molecule has 2 amide bonds. The monoisotopic (exact) mass is 486 g/mol. The highest BCUT2D eigenvalue weighted by Crippen LogP contribution is 2.52. The topological polar surface area (TPSA) is 67.9 Å². The summed E-state index contributed by atoms with van der Waals surface area (Å²) in [5, 5.41) is 3.17. The minimum Gasteiger partial charge on any atom is -0.382 e. The van der Waals surface area contributed by atoms with Gasteiger partial charge in [0.2, 0.25) is 5.91 Å². The zero-order valence-corrected chi connectivity index (χ0v) is 20.4. The SMILES string of the molecule is COCCO[C@@H]1[C@@H](NC(=O)C(C)C)c2ccccc2C12CCN(C(=O)c1c(F)cccc1F)CC2. The van der Waals surface area contributed by atoms with Gasteiger partial charge in [-0.1, -0.05) is 44.2 Å². The summed E-state index contributed by atoms with van der Waals surface area (Å²) in [7, 11) is 1.60. The minimum atomic E-state index is -0.862. The van der Waals surface area contributed by atoms with Crippen molar-refractivity contribution in [3.05, 3.63) is 70.8 Å². The first-order chi connectivity index (χ1) is 16.8. The summed E-state index contributed by atoms with van der Waals surface area (Å²) in [6.07, 6.45) is 0.717. The fourth-order valence-corrected chi connectivity index (χ4v) is 5.37. The van der Waals surface area contributed by atoms with Crippen LogP contribution in [0.1, 0.15) is 54.2 Å². The number of nitrogens with one attached hydrogen (secondary N) is 1. The second-order valence-electron chi connectivity index (χ2n) is 9.56. The van der Waals surface area contributed by atoms with Crippen molar-refractivity contribution in [3.63, 3.8) is 0 Å². The van der Waals surface area contributed by atoms with Crippen molar-refractivity contribution in [2.45, 2.75) is 44.2 Å². The first kappa shape index (κ1) is 25.3. The lowest BCUT2D eigenvalue weighted by molar-refractivity contribution is -0.127. The van der Waals surface area contributed by atoms with Gasteiger partial charge in [-0.25, -0.2) is 8.78 Å². The number of halogens is 2. The van der Waals surface area contributed by atoms with Crippen LogP contribution in [0.3, 0.4) is 0 Å². The molecule has 2 aliphatic rings. The Labute approximate surface area is 204 Å². The second kappa shape index (κ2) is 10.4. The fraction of sp³-hybridized carbons (Fsp3) is 0.481. The summed E-state index contributed by atoms with van der Waals surface area (Å²) in [6.45, 7) is 5.09. The van der Waals surface area contributed by atoms with E-state index < -0.39 is 28.5 Å². The number of ether oxygens (including phenoxy) is 2. The van der Waals surface area contributed by atoms with E-state index in [4.69, 9.17) is 9.47 Å². The van der Waals surface area contributed by atoms with E-state index in [1.807, 2.05) is 32.0 Å². The molecule has 0 unspecified atom stereocenters. The minimum absolute atomic E-state index is 0.0650. The fourth-order valence-electron chi connectivity index (χ4n) is 5.37. The lowest BCUT2D eigenvalue weighted by Crippen LogP contribution is -2.52. The number of amides is 2. The molecule has 2 atom stereocenters. The van der Waals surface area contributed by atoms with E-state index in [-0.39, 0.29) is 24.0 Å². The predicted molar refractivity (Wildman–Crippen MR) is 127 cm³/mol. The van der Waals surface area contributed by atoms with Gasteiger partial charge in [0.25, 0.3) is 5.91 Å². The molecule has 1 fully saturated rings. The van der Waals surface area contributed by atoms with Crippen molar-refractivity contribution in [2.24, 2.45) is 5.92 Å². The van der Waals surface area contributed by atoms with Crippen LogP contribution in [0.25, 0.3) is 0 Å². The molecule has 0 bridgehead atoms. The van der Waals surface area contributed by atoms with Crippen LogP contribution >= 0.6 is 0 Å². The van der Waals surface area contributed by atoms with Crippen molar-refractivity contribution >= 4 is 11.8 Å². The molecule has 0 aromatic heterocycles. The molecule has 35 heavy (non-hydrogen) atoms. The molecule has 1 aliphatic carbocycles. The van der Waals surface area contributed by atoms with Gasteiger partial charge in [-0.15, -0.1) is 0 Å². The summed E-state index contributed by atoms with van der Waals surface area (Å²) in [5.41, 5.74) is 1.11. The molecule has 1 spiro atoms. The molecule has 1 heterocycles. The quantitative estimate of drug-likeness (QED) is 0.601. The van der Waals surface area contributed by atoms with Gasteiger partial charge in [-0.05, 0) is 36.1 Å². The summed E-state index contributed by atoms with van der Waals surface area (Å²) in [6, 6.07) is 11.1. The maximum Gasteiger partial charge on any atom is 0.259 e. The Morgan fingerprint density at radius 2 is 1.71 bits per heavy atom. The molecule has 1 N–H and O–H groups in total. The summed E-state index contributed by atoms with van der Waals surface area (Å²) < 4.78 is 40.1. The van der Waals surface area contributed by atoms with E-state index in [1.165, 1.54) is 11.0 Å². The molecule has 8 heteroatoms. The highest BCUT2D eigenvalue weighted by atomic mass is 19.1. The lowest BCUT2D eigenvalue weighted by Gasteiger charge is -2.44. The Balaban J connectivity index is 1.64. The third-order valence-electron chi connectivity index (χ3n) is 7.21. The number of benzene rings is 2. The summed E-state index contributed by atoms with van der Waals surface area (Å²) in [5.74, 6) is -2.63. The number of nitrogens with zero attached hydrogens (tertiary/aromatic N) is 1. The molecular formula is C27H32F2N2O4. The molecule has 6 nitrogen and oxygen atoms in total. The number of hydrogen-bond donors (Lipinski definition) is 1. The third-order valence-corrected chi connectivity index (χ3v) is 7.21. The van der Waals surface area contributed by atoms with Crippen LogP contribution in [0.5, 0.6) is 0 Å². The standard InChI is InChI=1S/C27H32F2N2O4/c1-17(2)25(32)30-23-18-7-4-5-8-19(18)27(24(23)35-16-15-34-3)11-13-31(14-12-27)26(33)22-20(28)9-6-10-21(22)29/h4-10,17,23-24H,11-16H2,1-3H3,(H,30,32)/t23-,24+/m0/s1. The van der Waals surface area contributed by atoms with Gasteiger partial charge >= 0.3 is 0 Å². The number of carbonyl (C=O) groups is 2. The predicted octanol–water partition coefficient (Wildman–Crippen LogP) is 4.00. The third kappa shape index (κ3) is 4.69. The first-order valence-corrected chi connectivity index (χ1v) is 12.0. The van der Waals surface area contributed by atoms with Crippen LogP contribution in [-0.4, -0.2) is 56.2 Å². The van der Waals surface area contributed by atoms with Gasteiger partial charge in [0.05, 0.1) is 25.4 Å². The smallest absolute Gasteiger partial charge is 0.259 e. The number of likely N-dealkylation sites (tertiary alicyclic amines) is 1. The summed E-state index contributed by atoms with van der Waals surface area (Å²) in [4.78, 5) is 27.2. The lowest BCUT2D eigenvalue weighted by atomic mass is 9.71. The molecule has 0 radical (unpaired) electrons. The number of methoxy groups -OCH3 is 1. The van der Waals surface area contributed by atoms with E-state index in [0.29, 0.717) is 39.1 Å².